The normalized spacial score (nSPS) is 12.4. The Hall–Kier alpha value is -1.04. The van der Waals surface area contributed by atoms with Crippen molar-refractivity contribution in [2.24, 2.45) is 0 Å². The summed E-state index contributed by atoms with van der Waals surface area (Å²) in [5.41, 5.74) is 5.38. The zero-order chi connectivity index (χ0) is 9.54. The van der Waals surface area contributed by atoms with Crippen molar-refractivity contribution in [3.8, 4) is 11.1 Å². The molecule has 0 unspecified atom stereocenters. The van der Waals surface area contributed by atoms with E-state index in [0.717, 1.165) is 0 Å². The summed E-state index contributed by atoms with van der Waals surface area (Å²) < 4.78 is 1.26. The zero-order valence-corrected chi connectivity index (χ0v) is 9.44. The molecule has 0 fully saturated rings. The summed E-state index contributed by atoms with van der Waals surface area (Å²) in [7, 11) is 0. The van der Waals surface area contributed by atoms with Crippen molar-refractivity contribution in [2.75, 3.05) is 0 Å². The minimum atomic E-state index is 1.26. The Kier molecular flexibility index (Phi) is 1.76. The van der Waals surface area contributed by atoms with E-state index in [1.54, 1.807) is 0 Å². The molecule has 0 spiro atoms. The van der Waals surface area contributed by atoms with Gasteiger partial charge in [-0.2, -0.15) is 0 Å². The predicted octanol–water partition coefficient (Wildman–Crippen LogP) is 1.79. The van der Waals surface area contributed by atoms with Gasteiger partial charge in [0.25, 0.3) is 0 Å². The summed E-state index contributed by atoms with van der Waals surface area (Å²) in [5.74, 6) is 0. The van der Waals surface area contributed by atoms with E-state index in [9.17, 15) is 0 Å². The fraction of sp³-hybridized carbons (Fsp3) is 0. The quantitative estimate of drug-likeness (QED) is 0.529. The van der Waals surface area contributed by atoms with E-state index >= 15 is 0 Å². The Morgan fingerprint density at radius 2 is 1.57 bits per heavy atom. The molecule has 1 aliphatic carbocycles. The Morgan fingerprint density at radius 3 is 2.50 bits per heavy atom. The number of hydrogen-bond acceptors (Lipinski definition) is 0. The maximum absolute atomic E-state index is 2.59. The number of fused-ring (bicyclic) bond motifs is 3. The van der Waals surface area contributed by atoms with E-state index in [1.807, 2.05) is 0 Å². The van der Waals surface area contributed by atoms with Crippen LogP contribution in [0.2, 0.25) is 0 Å². The van der Waals surface area contributed by atoms with Crippen LogP contribution in [0.5, 0.6) is 0 Å². The van der Waals surface area contributed by atoms with E-state index in [1.165, 1.54) is 26.7 Å². The van der Waals surface area contributed by atoms with Crippen LogP contribution in [0.4, 0.5) is 0 Å². The van der Waals surface area contributed by atoms with Crippen molar-refractivity contribution in [3.63, 3.8) is 0 Å². The Bertz CT molecular complexity index is 500. The van der Waals surface area contributed by atoms with Gasteiger partial charge in [-0.25, -0.2) is 0 Å². The average Bonchev–Trinajstić information content (AvgIpc) is 2.54. The molecule has 0 aromatic heterocycles. The van der Waals surface area contributed by atoms with Crippen LogP contribution >= 0.6 is 0 Å². The summed E-state index contributed by atoms with van der Waals surface area (Å²) in [6, 6.07) is 15.1. The Balaban J connectivity index is 2.27. The molecular formula is C13H9Se. The third-order valence-electron chi connectivity index (χ3n) is 2.60. The van der Waals surface area contributed by atoms with Crippen molar-refractivity contribution >= 4 is 20.5 Å². The molecule has 0 nitrogen and oxygen atoms in total. The molecular weight excluding hydrogens is 235 g/mol. The van der Waals surface area contributed by atoms with Crippen molar-refractivity contribution in [3.05, 3.63) is 60.0 Å². The Morgan fingerprint density at radius 1 is 0.786 bits per heavy atom. The van der Waals surface area contributed by atoms with Crippen molar-refractivity contribution in [1.29, 1.82) is 0 Å². The fourth-order valence-electron chi connectivity index (χ4n) is 1.95. The first-order chi connectivity index (χ1) is 6.84. The molecule has 1 radical (unpaired) electrons. The SMILES string of the molecule is [SeH]c1ccc2c(c1)[CH]c1ccccc1-2. The van der Waals surface area contributed by atoms with Crippen molar-refractivity contribution in [2.45, 2.75) is 0 Å². The summed E-state index contributed by atoms with van der Waals surface area (Å²) in [5, 5.41) is 0. The van der Waals surface area contributed by atoms with Crippen LogP contribution in [0.1, 0.15) is 11.1 Å². The topological polar surface area (TPSA) is 0 Å². The first-order valence-electron chi connectivity index (χ1n) is 4.62. The second-order valence-corrected chi connectivity index (χ2v) is 4.59. The molecule has 1 aliphatic rings. The standard InChI is InChI=1S/C13H9Se/c14-11-5-6-13-10(8-11)7-9-3-1-2-4-12(9)13/h1-8,14H. The molecule has 0 bridgehead atoms. The summed E-state index contributed by atoms with van der Waals surface area (Å²) in [6.07, 6.45) is 2.25. The molecule has 14 heavy (non-hydrogen) atoms. The molecule has 0 saturated carbocycles. The van der Waals surface area contributed by atoms with Gasteiger partial charge in [0.1, 0.15) is 0 Å². The molecule has 2 aromatic rings. The molecule has 0 aliphatic heterocycles. The zero-order valence-electron chi connectivity index (χ0n) is 7.57. The number of hydrogen-bond donors (Lipinski definition) is 0. The first-order valence-corrected chi connectivity index (χ1v) is 5.55. The molecule has 3 rings (SSSR count). The predicted molar refractivity (Wildman–Crippen MR) is 61.2 cm³/mol. The fourth-order valence-corrected chi connectivity index (χ4v) is 2.40. The maximum atomic E-state index is 2.59. The third-order valence-corrected chi connectivity index (χ3v) is 3.18. The molecule has 0 heterocycles. The Labute approximate surface area is 91.8 Å². The van der Waals surface area contributed by atoms with Gasteiger partial charge in [0, 0.05) is 0 Å². The van der Waals surface area contributed by atoms with Gasteiger partial charge in [-0.05, 0) is 0 Å². The van der Waals surface area contributed by atoms with Gasteiger partial charge in [0.2, 0.25) is 0 Å². The minimum absolute atomic E-state index is 1.26. The van der Waals surface area contributed by atoms with E-state index in [4.69, 9.17) is 0 Å². The number of benzene rings is 2. The summed E-state index contributed by atoms with van der Waals surface area (Å²) >= 11 is 2.59. The van der Waals surface area contributed by atoms with Gasteiger partial charge in [0.15, 0.2) is 0 Å². The van der Waals surface area contributed by atoms with Gasteiger partial charge >= 0.3 is 91.6 Å². The van der Waals surface area contributed by atoms with Gasteiger partial charge in [-0.3, -0.25) is 0 Å². The van der Waals surface area contributed by atoms with E-state index < -0.39 is 0 Å². The van der Waals surface area contributed by atoms with Crippen LogP contribution in [0.15, 0.2) is 42.5 Å². The van der Waals surface area contributed by atoms with Crippen LogP contribution in [-0.4, -0.2) is 16.0 Å². The van der Waals surface area contributed by atoms with Gasteiger partial charge < -0.3 is 0 Å². The van der Waals surface area contributed by atoms with Crippen molar-refractivity contribution in [1.82, 2.24) is 0 Å². The van der Waals surface area contributed by atoms with Crippen LogP contribution in [-0.2, 0) is 0 Å². The molecule has 1 heteroatoms. The monoisotopic (exact) mass is 245 g/mol. The molecule has 0 amide bonds. The van der Waals surface area contributed by atoms with Gasteiger partial charge in [-0.15, -0.1) is 0 Å². The molecule has 0 N–H and O–H groups in total. The summed E-state index contributed by atoms with van der Waals surface area (Å²) in [4.78, 5) is 0. The second-order valence-electron chi connectivity index (χ2n) is 3.50. The number of rotatable bonds is 0. The van der Waals surface area contributed by atoms with Gasteiger partial charge in [-0.1, -0.05) is 0 Å². The molecule has 0 atom stereocenters. The van der Waals surface area contributed by atoms with E-state index in [-0.39, 0.29) is 0 Å². The van der Waals surface area contributed by atoms with Crippen LogP contribution in [0.25, 0.3) is 11.1 Å². The first kappa shape index (κ1) is 8.28. The second kappa shape index (κ2) is 2.98. The molecule has 0 saturated heterocycles. The average molecular weight is 244 g/mol. The van der Waals surface area contributed by atoms with Crippen LogP contribution in [0.3, 0.4) is 0 Å². The van der Waals surface area contributed by atoms with Gasteiger partial charge in [0.05, 0.1) is 0 Å². The van der Waals surface area contributed by atoms with Crippen LogP contribution < -0.4 is 4.46 Å². The summed E-state index contributed by atoms with van der Waals surface area (Å²) in [6.45, 7) is 0. The van der Waals surface area contributed by atoms with E-state index in [2.05, 4.69) is 64.9 Å². The van der Waals surface area contributed by atoms with E-state index in [0.29, 0.717) is 0 Å². The third kappa shape index (κ3) is 1.13. The van der Waals surface area contributed by atoms with Crippen molar-refractivity contribution < 1.29 is 0 Å². The van der Waals surface area contributed by atoms with Crippen LogP contribution in [0, 0.1) is 6.42 Å². The molecule has 2 aromatic carbocycles. The molecule has 67 valence electrons.